The minimum Gasteiger partial charge on any atom is -0.272 e. The fourth-order valence-corrected chi connectivity index (χ4v) is 2.70. The Hall–Kier alpha value is -2.25. The van der Waals surface area contributed by atoms with Crippen molar-refractivity contribution in [2.45, 2.75) is 0 Å². The summed E-state index contributed by atoms with van der Waals surface area (Å²) in [6, 6.07) is 17.0. The summed E-state index contributed by atoms with van der Waals surface area (Å²) >= 11 is 6.77. The van der Waals surface area contributed by atoms with Gasteiger partial charge < -0.3 is 0 Å². The van der Waals surface area contributed by atoms with E-state index in [1.165, 1.54) is 0 Å². The molecule has 0 atom stereocenters. The lowest BCUT2D eigenvalue weighted by atomic mass is 10.1. The number of carbonyl (C=O) groups is 1. The van der Waals surface area contributed by atoms with Crippen LogP contribution in [0.2, 0.25) is 0 Å². The van der Waals surface area contributed by atoms with Gasteiger partial charge in [0.25, 0.3) is 5.91 Å². The summed E-state index contributed by atoms with van der Waals surface area (Å²) in [5.74, 6) is -0.350. The Bertz CT molecular complexity index is 888. The third-order valence-electron chi connectivity index (χ3n) is 3.19. The predicted molar refractivity (Wildman–Crippen MR) is 101 cm³/mol. The number of hydrogen-bond donors (Lipinski definition) is 2. The number of rotatable bonds is 4. The van der Waals surface area contributed by atoms with Crippen LogP contribution in [0.3, 0.4) is 0 Å². The molecule has 0 unspecified atom stereocenters. The van der Waals surface area contributed by atoms with Gasteiger partial charge in [-0.3, -0.25) is 9.89 Å². The van der Waals surface area contributed by atoms with E-state index in [1.54, 1.807) is 12.3 Å². The predicted octanol–water partition coefficient (Wildman–Crippen LogP) is 4.37. The zero-order valence-electron chi connectivity index (χ0n) is 12.3. The van der Waals surface area contributed by atoms with E-state index in [1.807, 2.05) is 48.5 Å². The van der Waals surface area contributed by atoms with Crippen molar-refractivity contribution in [3.05, 3.63) is 74.8 Å². The zero-order chi connectivity index (χ0) is 16.9. The molecule has 1 amide bonds. The summed E-state index contributed by atoms with van der Waals surface area (Å²) in [5.41, 5.74) is 5.32. The third-order valence-corrected chi connectivity index (χ3v) is 4.21. The number of H-pyrrole nitrogens is 1. The molecule has 3 aromatic rings. The molecule has 2 aromatic carbocycles. The molecule has 1 heterocycles. The fraction of sp³-hybridized carbons (Fsp3) is 0. The average molecular weight is 448 g/mol. The third kappa shape index (κ3) is 4.18. The van der Waals surface area contributed by atoms with Gasteiger partial charge in [-0.05, 0) is 35.9 Å². The number of hydrogen-bond acceptors (Lipinski definition) is 3. The Labute approximate surface area is 155 Å². The Morgan fingerprint density at radius 2 is 1.88 bits per heavy atom. The molecule has 0 aliphatic rings. The van der Waals surface area contributed by atoms with Gasteiger partial charge in [-0.2, -0.15) is 10.2 Å². The zero-order valence-corrected chi connectivity index (χ0v) is 15.5. The van der Waals surface area contributed by atoms with Crippen LogP contribution in [-0.2, 0) is 0 Å². The summed E-state index contributed by atoms with van der Waals surface area (Å²) in [6.07, 6.45) is 1.58. The second kappa shape index (κ2) is 7.55. The van der Waals surface area contributed by atoms with E-state index in [0.717, 1.165) is 20.1 Å². The number of hydrazone groups is 1. The van der Waals surface area contributed by atoms with Crippen molar-refractivity contribution in [1.82, 2.24) is 15.6 Å². The summed E-state index contributed by atoms with van der Waals surface area (Å²) in [7, 11) is 0. The normalized spacial score (nSPS) is 10.9. The molecule has 0 aliphatic heterocycles. The molecule has 0 fully saturated rings. The van der Waals surface area contributed by atoms with Gasteiger partial charge in [-0.15, -0.1) is 0 Å². The molecular weight excluding hydrogens is 436 g/mol. The number of benzene rings is 2. The van der Waals surface area contributed by atoms with Crippen LogP contribution in [0.25, 0.3) is 11.3 Å². The summed E-state index contributed by atoms with van der Waals surface area (Å²) in [6.45, 7) is 0. The van der Waals surface area contributed by atoms with E-state index in [0.29, 0.717) is 11.4 Å². The molecular formula is C17H12Br2N4O. The first kappa shape index (κ1) is 16.6. The molecule has 5 nitrogen and oxygen atoms in total. The quantitative estimate of drug-likeness (QED) is 0.460. The van der Waals surface area contributed by atoms with Gasteiger partial charge in [0.15, 0.2) is 0 Å². The number of aromatic amines is 1. The first-order valence-electron chi connectivity index (χ1n) is 7.02. The molecule has 0 saturated carbocycles. The largest absolute Gasteiger partial charge is 0.289 e. The number of aromatic nitrogens is 2. The van der Waals surface area contributed by atoms with Gasteiger partial charge in [0, 0.05) is 14.5 Å². The van der Waals surface area contributed by atoms with Crippen molar-refractivity contribution in [2.75, 3.05) is 0 Å². The second-order valence-corrected chi connectivity index (χ2v) is 6.76. The molecule has 1 aromatic heterocycles. The number of halogens is 2. The highest BCUT2D eigenvalue weighted by Crippen LogP contribution is 2.20. The molecule has 3 rings (SSSR count). The molecule has 120 valence electrons. The Balaban J connectivity index is 1.66. The van der Waals surface area contributed by atoms with Crippen LogP contribution in [0.15, 0.2) is 68.6 Å². The van der Waals surface area contributed by atoms with Gasteiger partial charge in [0.05, 0.1) is 11.9 Å². The molecule has 24 heavy (non-hydrogen) atoms. The second-order valence-electron chi connectivity index (χ2n) is 4.93. The Morgan fingerprint density at radius 1 is 1.08 bits per heavy atom. The van der Waals surface area contributed by atoms with Crippen molar-refractivity contribution in [2.24, 2.45) is 5.10 Å². The van der Waals surface area contributed by atoms with E-state index in [2.05, 4.69) is 52.6 Å². The lowest BCUT2D eigenvalue weighted by molar-refractivity contribution is 0.0950. The van der Waals surface area contributed by atoms with E-state index in [9.17, 15) is 4.79 Å². The maximum Gasteiger partial charge on any atom is 0.289 e. The van der Waals surface area contributed by atoms with Crippen LogP contribution >= 0.6 is 31.9 Å². The Morgan fingerprint density at radius 3 is 2.62 bits per heavy atom. The van der Waals surface area contributed by atoms with Crippen LogP contribution in [0.4, 0.5) is 0 Å². The van der Waals surface area contributed by atoms with Crippen LogP contribution in [0.1, 0.15) is 16.1 Å². The van der Waals surface area contributed by atoms with E-state index in [4.69, 9.17) is 0 Å². The monoisotopic (exact) mass is 446 g/mol. The SMILES string of the molecule is O=C(NN=Cc1cccc(Br)c1)c1cc(-c2ccc(Br)cc2)n[nH]1. The van der Waals surface area contributed by atoms with E-state index in [-0.39, 0.29) is 5.91 Å². The van der Waals surface area contributed by atoms with Gasteiger partial charge in [0.2, 0.25) is 0 Å². The van der Waals surface area contributed by atoms with Crippen molar-refractivity contribution in [3.63, 3.8) is 0 Å². The molecule has 0 bridgehead atoms. The molecule has 7 heteroatoms. The maximum absolute atomic E-state index is 12.1. The first-order valence-corrected chi connectivity index (χ1v) is 8.61. The molecule has 0 spiro atoms. The van der Waals surface area contributed by atoms with Crippen molar-refractivity contribution < 1.29 is 4.79 Å². The van der Waals surface area contributed by atoms with Gasteiger partial charge in [-0.1, -0.05) is 56.1 Å². The van der Waals surface area contributed by atoms with Crippen LogP contribution in [-0.4, -0.2) is 22.3 Å². The van der Waals surface area contributed by atoms with Crippen molar-refractivity contribution in [3.8, 4) is 11.3 Å². The van der Waals surface area contributed by atoms with Gasteiger partial charge in [-0.25, -0.2) is 5.43 Å². The highest BCUT2D eigenvalue weighted by atomic mass is 79.9. The van der Waals surface area contributed by atoms with Gasteiger partial charge >= 0.3 is 0 Å². The molecule has 0 aliphatic carbocycles. The molecule has 2 N–H and O–H groups in total. The van der Waals surface area contributed by atoms with Crippen LogP contribution in [0, 0.1) is 0 Å². The van der Waals surface area contributed by atoms with Crippen molar-refractivity contribution >= 4 is 44.0 Å². The van der Waals surface area contributed by atoms with Gasteiger partial charge in [0.1, 0.15) is 5.69 Å². The highest BCUT2D eigenvalue weighted by Gasteiger charge is 2.10. The van der Waals surface area contributed by atoms with Crippen molar-refractivity contribution in [1.29, 1.82) is 0 Å². The Kier molecular flexibility index (Phi) is 5.22. The lowest BCUT2D eigenvalue weighted by Crippen LogP contribution is -2.17. The minimum absolute atomic E-state index is 0.347. The van der Waals surface area contributed by atoms with E-state index < -0.39 is 0 Å². The fourth-order valence-electron chi connectivity index (χ4n) is 2.02. The maximum atomic E-state index is 12.1. The minimum atomic E-state index is -0.350. The number of carbonyl (C=O) groups excluding carboxylic acids is 1. The highest BCUT2D eigenvalue weighted by molar-refractivity contribution is 9.10. The van der Waals surface area contributed by atoms with Crippen LogP contribution < -0.4 is 5.43 Å². The standard InChI is InChI=1S/C17H12Br2N4O/c18-13-6-4-12(5-7-13)15-9-16(22-21-15)17(24)23-20-10-11-2-1-3-14(19)8-11/h1-10H,(H,21,22)(H,23,24). The molecule has 0 radical (unpaired) electrons. The summed E-state index contributed by atoms with van der Waals surface area (Å²) in [5, 5.41) is 10.8. The smallest absolute Gasteiger partial charge is 0.272 e. The average Bonchev–Trinajstić information content (AvgIpc) is 3.05. The lowest BCUT2D eigenvalue weighted by Gasteiger charge is -1.97. The number of nitrogens with one attached hydrogen (secondary N) is 2. The molecule has 0 saturated heterocycles. The topological polar surface area (TPSA) is 70.1 Å². The summed E-state index contributed by atoms with van der Waals surface area (Å²) in [4.78, 5) is 12.1. The van der Waals surface area contributed by atoms with Crippen LogP contribution in [0.5, 0.6) is 0 Å². The first-order chi connectivity index (χ1) is 11.6. The van der Waals surface area contributed by atoms with E-state index >= 15 is 0 Å². The number of nitrogens with zero attached hydrogens (tertiary/aromatic N) is 2. The number of amides is 1. The summed E-state index contributed by atoms with van der Waals surface area (Å²) < 4.78 is 1.94.